The van der Waals surface area contributed by atoms with Gasteiger partial charge in [-0.3, -0.25) is 4.79 Å². The molecule has 0 aliphatic carbocycles. The largest absolute Gasteiger partial charge is 0.355 e. The Hall–Kier alpha value is -3.26. The van der Waals surface area contributed by atoms with E-state index in [1.807, 2.05) is 0 Å². The van der Waals surface area contributed by atoms with E-state index in [-0.39, 0.29) is 28.1 Å². The molecule has 2 heterocycles. The van der Waals surface area contributed by atoms with E-state index in [4.69, 9.17) is 11.6 Å². The summed E-state index contributed by atoms with van der Waals surface area (Å²) in [6.07, 6.45) is 1.37. The van der Waals surface area contributed by atoms with Crippen molar-refractivity contribution in [3.8, 4) is 5.69 Å². The predicted molar refractivity (Wildman–Crippen MR) is 98.1 cm³/mol. The lowest BCUT2D eigenvalue weighted by molar-refractivity contribution is 0.0963. The predicted octanol–water partition coefficient (Wildman–Crippen LogP) is 3.67. The van der Waals surface area contributed by atoms with Crippen LogP contribution in [-0.4, -0.2) is 28.6 Å². The van der Waals surface area contributed by atoms with Crippen LogP contribution in [0.3, 0.4) is 0 Å². The fraction of sp³-hybridized carbons (Fsp3) is 0.0556. The molecule has 27 heavy (non-hydrogen) atoms. The second-order valence-electron chi connectivity index (χ2n) is 5.72. The van der Waals surface area contributed by atoms with Crippen LogP contribution in [0, 0.1) is 11.6 Å². The number of hydrogen-bond donors (Lipinski definition) is 2. The third-order valence-corrected chi connectivity index (χ3v) is 4.35. The Bertz CT molecular complexity index is 1090. The molecule has 1 aliphatic heterocycles. The number of benzene rings is 2. The number of aromatic nitrogens is 2. The maximum atomic E-state index is 14.3. The van der Waals surface area contributed by atoms with Crippen LogP contribution in [0.25, 0.3) is 5.69 Å². The number of nitrogens with one attached hydrogen (secondary N) is 2. The zero-order valence-corrected chi connectivity index (χ0v) is 14.7. The van der Waals surface area contributed by atoms with Gasteiger partial charge in [0, 0.05) is 12.6 Å². The molecule has 9 heteroatoms. The lowest BCUT2D eigenvalue weighted by Crippen LogP contribution is -2.19. The van der Waals surface area contributed by atoms with Crippen molar-refractivity contribution >= 4 is 34.8 Å². The molecule has 0 spiro atoms. The standard InChI is InChI=1S/C18H12ClF2N5O/c1-22-18(27)9-5-6-13-14(7-9)26-17(10(19)8-23-26)25-16(24-13)15-11(20)3-2-4-12(15)21/h2-8H,1H3,(H,22,27)(H,24,25). The van der Waals surface area contributed by atoms with E-state index in [0.29, 0.717) is 16.9 Å². The van der Waals surface area contributed by atoms with Crippen molar-refractivity contribution in [3.05, 3.63) is 70.4 Å². The molecule has 6 nitrogen and oxygen atoms in total. The zero-order chi connectivity index (χ0) is 19.1. The van der Waals surface area contributed by atoms with Gasteiger partial charge in [0.2, 0.25) is 0 Å². The lowest BCUT2D eigenvalue weighted by Gasteiger charge is -2.13. The Labute approximate surface area is 157 Å². The number of amidine groups is 1. The van der Waals surface area contributed by atoms with Gasteiger partial charge in [0.15, 0.2) is 5.82 Å². The van der Waals surface area contributed by atoms with Crippen LogP contribution in [-0.2, 0) is 0 Å². The molecule has 1 aromatic heterocycles. The number of carbonyl (C=O) groups excluding carboxylic acids is 1. The second kappa shape index (κ2) is 6.48. The minimum absolute atomic E-state index is 0.0549. The highest BCUT2D eigenvalue weighted by molar-refractivity contribution is 6.33. The number of aliphatic imine (C=N–C) groups is 1. The Kier molecular flexibility index (Phi) is 4.12. The third-order valence-electron chi connectivity index (χ3n) is 4.09. The molecule has 0 radical (unpaired) electrons. The number of hydrogen-bond acceptors (Lipinski definition) is 4. The van der Waals surface area contributed by atoms with Gasteiger partial charge in [-0.05, 0) is 30.3 Å². The van der Waals surface area contributed by atoms with E-state index >= 15 is 0 Å². The summed E-state index contributed by atoms with van der Waals surface area (Å²) in [5.74, 6) is -1.69. The normalized spacial score (nSPS) is 12.4. The summed E-state index contributed by atoms with van der Waals surface area (Å²) in [4.78, 5) is 16.3. The first-order chi connectivity index (χ1) is 13.0. The van der Waals surface area contributed by atoms with Gasteiger partial charge >= 0.3 is 0 Å². The van der Waals surface area contributed by atoms with Gasteiger partial charge in [-0.1, -0.05) is 17.7 Å². The van der Waals surface area contributed by atoms with Crippen LogP contribution in [0.15, 0.2) is 47.6 Å². The Morgan fingerprint density at radius 3 is 2.67 bits per heavy atom. The van der Waals surface area contributed by atoms with Crippen LogP contribution >= 0.6 is 11.6 Å². The summed E-state index contributed by atoms with van der Waals surface area (Å²) in [5.41, 5.74) is 0.997. The van der Waals surface area contributed by atoms with Gasteiger partial charge < -0.3 is 10.6 Å². The molecule has 1 amide bonds. The highest BCUT2D eigenvalue weighted by atomic mass is 35.5. The van der Waals surface area contributed by atoms with Gasteiger partial charge in [0.25, 0.3) is 5.91 Å². The van der Waals surface area contributed by atoms with E-state index in [2.05, 4.69) is 20.7 Å². The zero-order valence-electron chi connectivity index (χ0n) is 13.9. The van der Waals surface area contributed by atoms with Crippen molar-refractivity contribution in [2.45, 2.75) is 0 Å². The number of carbonyl (C=O) groups is 1. The molecule has 0 unspecified atom stereocenters. The summed E-state index contributed by atoms with van der Waals surface area (Å²) in [6, 6.07) is 8.33. The van der Waals surface area contributed by atoms with Crippen molar-refractivity contribution in [2.24, 2.45) is 4.99 Å². The van der Waals surface area contributed by atoms with Crippen LogP contribution in [0.2, 0.25) is 5.02 Å². The van der Waals surface area contributed by atoms with E-state index in [1.54, 1.807) is 18.2 Å². The summed E-state index contributed by atoms with van der Waals surface area (Å²) in [6.45, 7) is 0. The van der Waals surface area contributed by atoms with Crippen LogP contribution in [0.4, 0.5) is 20.3 Å². The van der Waals surface area contributed by atoms with E-state index in [9.17, 15) is 13.6 Å². The van der Waals surface area contributed by atoms with Crippen LogP contribution < -0.4 is 10.6 Å². The average Bonchev–Trinajstić information content (AvgIpc) is 2.93. The van der Waals surface area contributed by atoms with Crippen molar-refractivity contribution in [1.82, 2.24) is 15.1 Å². The lowest BCUT2D eigenvalue weighted by atomic mass is 10.1. The highest BCUT2D eigenvalue weighted by Gasteiger charge is 2.24. The molecule has 0 bridgehead atoms. The van der Waals surface area contributed by atoms with Crippen molar-refractivity contribution in [1.29, 1.82) is 0 Å². The van der Waals surface area contributed by atoms with Gasteiger partial charge in [0.1, 0.15) is 22.5 Å². The number of halogens is 3. The van der Waals surface area contributed by atoms with E-state index < -0.39 is 11.6 Å². The van der Waals surface area contributed by atoms with Crippen molar-refractivity contribution < 1.29 is 13.6 Å². The topological polar surface area (TPSA) is 71.3 Å². The highest BCUT2D eigenvalue weighted by Crippen LogP contribution is 2.35. The molecule has 2 N–H and O–H groups in total. The summed E-state index contributed by atoms with van der Waals surface area (Å²) < 4.78 is 30.0. The number of fused-ring (bicyclic) bond motifs is 3. The molecule has 0 saturated heterocycles. The first-order valence-corrected chi connectivity index (χ1v) is 8.27. The van der Waals surface area contributed by atoms with E-state index in [0.717, 1.165) is 12.1 Å². The fourth-order valence-corrected chi connectivity index (χ4v) is 2.97. The van der Waals surface area contributed by atoms with Gasteiger partial charge in [0.05, 0.1) is 23.1 Å². The molecular formula is C18H12ClF2N5O. The van der Waals surface area contributed by atoms with Crippen molar-refractivity contribution in [2.75, 3.05) is 12.4 Å². The third kappa shape index (κ3) is 2.83. The fourth-order valence-electron chi connectivity index (χ4n) is 2.80. The molecule has 136 valence electrons. The molecule has 0 fully saturated rings. The monoisotopic (exact) mass is 387 g/mol. The first-order valence-electron chi connectivity index (χ1n) is 7.89. The summed E-state index contributed by atoms with van der Waals surface area (Å²) in [5, 5.41) is 9.83. The molecular weight excluding hydrogens is 376 g/mol. The first kappa shape index (κ1) is 17.2. The van der Waals surface area contributed by atoms with E-state index in [1.165, 1.54) is 24.0 Å². The molecule has 2 aromatic carbocycles. The van der Waals surface area contributed by atoms with Gasteiger partial charge in [-0.15, -0.1) is 0 Å². The molecule has 3 aromatic rings. The van der Waals surface area contributed by atoms with Gasteiger partial charge in [-0.25, -0.2) is 18.5 Å². The van der Waals surface area contributed by atoms with Crippen LogP contribution in [0.5, 0.6) is 0 Å². The number of anilines is 1. The van der Waals surface area contributed by atoms with Crippen LogP contribution in [0.1, 0.15) is 15.9 Å². The average molecular weight is 388 g/mol. The van der Waals surface area contributed by atoms with Gasteiger partial charge in [-0.2, -0.15) is 5.10 Å². The second-order valence-corrected chi connectivity index (χ2v) is 6.13. The SMILES string of the molecule is CNC(=O)c1ccc2c(c1)-n1ncc(Cl)c1N=C(c1c(F)cccc1F)N2. The minimum atomic E-state index is -0.770. The summed E-state index contributed by atoms with van der Waals surface area (Å²) >= 11 is 6.17. The maximum absolute atomic E-state index is 14.3. The Morgan fingerprint density at radius 2 is 1.96 bits per heavy atom. The minimum Gasteiger partial charge on any atom is -0.355 e. The Balaban J connectivity index is 1.95. The summed E-state index contributed by atoms with van der Waals surface area (Å²) in [7, 11) is 1.52. The number of amides is 1. The number of nitrogens with zero attached hydrogens (tertiary/aromatic N) is 3. The molecule has 0 saturated carbocycles. The number of rotatable bonds is 2. The molecule has 1 aliphatic rings. The quantitative estimate of drug-likeness (QED) is 0.704. The Morgan fingerprint density at radius 1 is 1.22 bits per heavy atom. The maximum Gasteiger partial charge on any atom is 0.251 e. The molecule has 4 rings (SSSR count). The molecule has 0 atom stereocenters. The van der Waals surface area contributed by atoms with Crippen molar-refractivity contribution in [3.63, 3.8) is 0 Å². The smallest absolute Gasteiger partial charge is 0.251 e.